The smallest absolute Gasteiger partial charge is 0.196 e. The van der Waals surface area contributed by atoms with Crippen LogP contribution < -0.4 is 4.74 Å². The van der Waals surface area contributed by atoms with Crippen LogP contribution in [0.15, 0.2) is 28.1 Å². The fourth-order valence-electron chi connectivity index (χ4n) is 2.24. The van der Waals surface area contributed by atoms with Gasteiger partial charge in [0.15, 0.2) is 5.78 Å². The average Bonchev–Trinajstić information content (AvgIpc) is 2.88. The lowest BCUT2D eigenvalue weighted by Gasteiger charge is -2.13. The van der Waals surface area contributed by atoms with Crippen molar-refractivity contribution in [2.75, 3.05) is 7.11 Å². The van der Waals surface area contributed by atoms with Gasteiger partial charge in [-0.15, -0.1) is 11.3 Å². The van der Waals surface area contributed by atoms with Gasteiger partial charge < -0.3 is 4.74 Å². The molecule has 2 rings (SSSR count). The first-order chi connectivity index (χ1) is 9.95. The molecule has 0 spiro atoms. The van der Waals surface area contributed by atoms with Crippen LogP contribution in [0.25, 0.3) is 6.08 Å². The van der Waals surface area contributed by atoms with E-state index >= 15 is 0 Å². The molecule has 21 heavy (non-hydrogen) atoms. The summed E-state index contributed by atoms with van der Waals surface area (Å²) in [4.78, 5) is 12.9. The quantitative estimate of drug-likeness (QED) is 0.540. The molecule has 1 aromatic heterocycles. The molecule has 1 heterocycles. The summed E-state index contributed by atoms with van der Waals surface area (Å²) in [6.45, 7) is 6.11. The second kappa shape index (κ2) is 6.58. The van der Waals surface area contributed by atoms with Gasteiger partial charge in [0.1, 0.15) is 5.75 Å². The van der Waals surface area contributed by atoms with E-state index in [0.29, 0.717) is 0 Å². The number of allylic oxidation sites excluding steroid dienone is 1. The van der Waals surface area contributed by atoms with Gasteiger partial charge in [0.25, 0.3) is 0 Å². The predicted molar refractivity (Wildman–Crippen MR) is 92.6 cm³/mol. The number of carbonyl (C=O) groups excluding carboxylic acids is 1. The van der Waals surface area contributed by atoms with Crippen LogP contribution >= 0.6 is 27.3 Å². The Balaban J connectivity index is 2.36. The highest BCUT2D eigenvalue weighted by Gasteiger charge is 2.11. The maximum absolute atomic E-state index is 12.2. The summed E-state index contributed by atoms with van der Waals surface area (Å²) in [6, 6.07) is 3.90. The first-order valence-corrected chi connectivity index (χ1v) is 8.23. The number of ketones is 1. The Morgan fingerprint density at radius 2 is 2.00 bits per heavy atom. The Morgan fingerprint density at radius 3 is 2.57 bits per heavy atom. The normalized spacial score (nSPS) is 11.1. The molecule has 0 N–H and O–H groups in total. The zero-order valence-electron chi connectivity index (χ0n) is 12.5. The monoisotopic (exact) mass is 364 g/mol. The highest BCUT2D eigenvalue weighted by atomic mass is 79.9. The molecule has 0 aliphatic heterocycles. The molecular weight excluding hydrogens is 348 g/mol. The Kier molecular flexibility index (Phi) is 5.01. The third kappa shape index (κ3) is 3.27. The molecule has 110 valence electrons. The molecule has 0 unspecified atom stereocenters. The Bertz CT molecular complexity index is 714. The number of carbonyl (C=O) groups is 1. The summed E-state index contributed by atoms with van der Waals surface area (Å²) < 4.78 is 6.21. The standard InChI is InChI=1S/C17H17BrO2S/c1-10-9-16(20-4)12(3)11(2)13(10)5-6-15(19)17-14(18)7-8-21-17/h5-9H,1-4H3/b6-5+. The molecular formula is C17H17BrO2S. The molecule has 0 saturated carbocycles. The minimum absolute atomic E-state index is 0.0177. The van der Waals surface area contributed by atoms with E-state index in [1.165, 1.54) is 11.3 Å². The van der Waals surface area contributed by atoms with Crippen molar-refractivity contribution in [3.8, 4) is 5.75 Å². The van der Waals surface area contributed by atoms with Gasteiger partial charge in [0.2, 0.25) is 0 Å². The number of hydrogen-bond donors (Lipinski definition) is 0. The summed E-state index contributed by atoms with van der Waals surface area (Å²) >= 11 is 4.83. The number of benzene rings is 1. The summed E-state index contributed by atoms with van der Waals surface area (Å²) in [5.41, 5.74) is 4.42. The molecule has 0 aliphatic rings. The molecule has 0 aliphatic carbocycles. The highest BCUT2D eigenvalue weighted by molar-refractivity contribution is 9.10. The van der Waals surface area contributed by atoms with Gasteiger partial charge in [-0.25, -0.2) is 0 Å². The van der Waals surface area contributed by atoms with E-state index in [4.69, 9.17) is 4.74 Å². The zero-order valence-corrected chi connectivity index (χ0v) is 14.9. The van der Waals surface area contributed by atoms with E-state index in [1.54, 1.807) is 13.2 Å². The second-order valence-electron chi connectivity index (χ2n) is 4.85. The van der Waals surface area contributed by atoms with Gasteiger partial charge in [-0.1, -0.05) is 6.08 Å². The van der Waals surface area contributed by atoms with Crippen molar-refractivity contribution in [3.63, 3.8) is 0 Å². The summed E-state index contributed by atoms with van der Waals surface area (Å²) in [6.07, 6.45) is 3.53. The minimum atomic E-state index is 0.0177. The molecule has 0 radical (unpaired) electrons. The summed E-state index contributed by atoms with van der Waals surface area (Å²) in [7, 11) is 1.68. The van der Waals surface area contributed by atoms with Gasteiger partial charge in [0, 0.05) is 4.47 Å². The summed E-state index contributed by atoms with van der Waals surface area (Å²) in [5.74, 6) is 0.902. The van der Waals surface area contributed by atoms with Crippen LogP contribution in [0.5, 0.6) is 5.75 Å². The van der Waals surface area contributed by atoms with Crippen LogP contribution in [0.3, 0.4) is 0 Å². The first-order valence-electron chi connectivity index (χ1n) is 6.56. The van der Waals surface area contributed by atoms with Crippen LogP contribution in [0.1, 0.15) is 31.9 Å². The Hall–Kier alpha value is -1.39. The molecule has 0 amide bonds. The van der Waals surface area contributed by atoms with Crippen molar-refractivity contribution < 1.29 is 9.53 Å². The predicted octanol–water partition coefficient (Wildman–Crippen LogP) is 5.34. The lowest BCUT2D eigenvalue weighted by atomic mass is 9.96. The van der Waals surface area contributed by atoms with Crippen molar-refractivity contribution in [3.05, 3.63) is 55.2 Å². The van der Waals surface area contributed by atoms with Gasteiger partial charge >= 0.3 is 0 Å². The van der Waals surface area contributed by atoms with Crippen molar-refractivity contribution in [2.45, 2.75) is 20.8 Å². The number of hydrogen-bond acceptors (Lipinski definition) is 3. The minimum Gasteiger partial charge on any atom is -0.496 e. The van der Waals surface area contributed by atoms with Crippen LogP contribution in [-0.4, -0.2) is 12.9 Å². The lowest BCUT2D eigenvalue weighted by molar-refractivity contribution is 0.105. The van der Waals surface area contributed by atoms with Gasteiger partial charge in [0.05, 0.1) is 12.0 Å². The van der Waals surface area contributed by atoms with E-state index in [1.807, 2.05) is 37.4 Å². The van der Waals surface area contributed by atoms with Crippen LogP contribution in [0, 0.1) is 20.8 Å². The molecule has 0 fully saturated rings. The van der Waals surface area contributed by atoms with Crippen LogP contribution in [-0.2, 0) is 0 Å². The van der Waals surface area contributed by atoms with Gasteiger partial charge in [-0.3, -0.25) is 4.79 Å². The first kappa shape index (κ1) is 16.0. The molecule has 2 nitrogen and oxygen atoms in total. The Labute approximate surface area is 137 Å². The van der Waals surface area contributed by atoms with E-state index in [0.717, 1.165) is 37.4 Å². The third-order valence-corrected chi connectivity index (χ3v) is 5.42. The zero-order chi connectivity index (χ0) is 15.6. The van der Waals surface area contributed by atoms with Crippen molar-refractivity contribution in [2.24, 2.45) is 0 Å². The molecule has 4 heteroatoms. The maximum Gasteiger partial charge on any atom is 0.196 e. The fraction of sp³-hybridized carbons (Fsp3) is 0.235. The number of thiophene rings is 1. The molecule has 2 aromatic rings. The molecule has 0 bridgehead atoms. The number of ether oxygens (including phenoxy) is 1. The average molecular weight is 365 g/mol. The number of rotatable bonds is 4. The summed E-state index contributed by atoms with van der Waals surface area (Å²) in [5, 5.41) is 1.90. The maximum atomic E-state index is 12.2. The SMILES string of the molecule is COc1cc(C)c(/C=C/C(=O)c2sccc2Br)c(C)c1C. The van der Waals surface area contributed by atoms with E-state index < -0.39 is 0 Å². The second-order valence-corrected chi connectivity index (χ2v) is 6.63. The topological polar surface area (TPSA) is 26.3 Å². The number of halogens is 1. The van der Waals surface area contributed by atoms with Crippen molar-refractivity contribution in [1.82, 2.24) is 0 Å². The number of methoxy groups -OCH3 is 1. The lowest BCUT2D eigenvalue weighted by Crippen LogP contribution is -1.97. The largest absolute Gasteiger partial charge is 0.496 e. The molecule has 0 saturated heterocycles. The van der Waals surface area contributed by atoms with Crippen LogP contribution in [0.4, 0.5) is 0 Å². The van der Waals surface area contributed by atoms with Gasteiger partial charge in [-0.2, -0.15) is 0 Å². The van der Waals surface area contributed by atoms with Crippen LogP contribution in [0.2, 0.25) is 0 Å². The van der Waals surface area contributed by atoms with E-state index in [2.05, 4.69) is 22.9 Å². The third-order valence-electron chi connectivity index (χ3n) is 3.57. The number of aryl methyl sites for hydroxylation is 1. The van der Waals surface area contributed by atoms with Crippen molar-refractivity contribution >= 4 is 39.1 Å². The molecule has 0 atom stereocenters. The van der Waals surface area contributed by atoms with E-state index in [9.17, 15) is 4.79 Å². The van der Waals surface area contributed by atoms with Crippen molar-refractivity contribution in [1.29, 1.82) is 0 Å². The van der Waals surface area contributed by atoms with E-state index in [-0.39, 0.29) is 5.78 Å². The highest BCUT2D eigenvalue weighted by Crippen LogP contribution is 2.29. The molecule has 1 aromatic carbocycles. The Morgan fingerprint density at radius 1 is 1.29 bits per heavy atom. The fourth-order valence-corrected chi connectivity index (χ4v) is 3.73. The van der Waals surface area contributed by atoms with Gasteiger partial charge in [-0.05, 0) is 82.5 Å².